The number of hydrogen-bond acceptors (Lipinski definition) is 6. The zero-order valence-electron chi connectivity index (χ0n) is 16.2. The lowest BCUT2D eigenvalue weighted by Crippen LogP contribution is -2.41. The van der Waals surface area contributed by atoms with Crippen LogP contribution in [-0.4, -0.2) is 24.6 Å². The Balaban J connectivity index is 1.74. The molecular weight excluding hydrogens is 384 g/mol. The van der Waals surface area contributed by atoms with E-state index >= 15 is 0 Å². The number of rotatable bonds is 5. The Labute approximate surface area is 168 Å². The standard InChI is InChI=1S/C20H25ClN2O5/c1-4-20(10-9-11-14(19(11,20)3)16(24)27-5-2)17(25)28-18(26)23-13-8-6-7-12(21)15(13)22/h6-8,11,14H,4-5,9-10,22H2,1-3H3,(H,23,26). The Hall–Kier alpha value is -2.28. The molecule has 28 heavy (non-hydrogen) atoms. The minimum atomic E-state index is -0.924. The second-order valence-electron chi connectivity index (χ2n) is 7.60. The molecule has 1 amide bonds. The molecule has 3 N–H and O–H groups in total. The number of benzene rings is 1. The van der Waals surface area contributed by atoms with Gasteiger partial charge in [-0.3, -0.25) is 14.9 Å². The second kappa shape index (κ2) is 7.28. The Kier molecular flexibility index (Phi) is 5.32. The first kappa shape index (κ1) is 20.5. The molecule has 2 saturated carbocycles. The van der Waals surface area contributed by atoms with E-state index in [1.54, 1.807) is 25.1 Å². The normalized spacial score (nSPS) is 30.3. The number of carbonyl (C=O) groups excluding carboxylic acids is 3. The van der Waals surface area contributed by atoms with Crippen molar-refractivity contribution in [2.75, 3.05) is 17.7 Å². The Morgan fingerprint density at radius 1 is 1.32 bits per heavy atom. The van der Waals surface area contributed by atoms with Crippen LogP contribution in [-0.2, 0) is 19.1 Å². The molecule has 1 aromatic rings. The molecule has 1 aromatic carbocycles. The number of fused-ring (bicyclic) bond motifs is 1. The third-order valence-corrected chi connectivity index (χ3v) is 6.96. The number of nitrogen functional groups attached to an aromatic ring is 1. The fourth-order valence-electron chi connectivity index (χ4n) is 5.02. The molecule has 0 radical (unpaired) electrons. The van der Waals surface area contributed by atoms with E-state index in [-0.39, 0.29) is 34.2 Å². The van der Waals surface area contributed by atoms with Crippen molar-refractivity contribution in [2.24, 2.45) is 22.7 Å². The van der Waals surface area contributed by atoms with Crippen molar-refractivity contribution in [3.63, 3.8) is 0 Å². The summed E-state index contributed by atoms with van der Waals surface area (Å²) < 4.78 is 10.3. The number of halogens is 1. The van der Waals surface area contributed by atoms with E-state index in [0.29, 0.717) is 19.4 Å². The number of nitrogens with two attached hydrogens (primary N) is 1. The number of esters is 2. The lowest BCUT2D eigenvalue weighted by atomic mass is 9.70. The van der Waals surface area contributed by atoms with Crippen molar-refractivity contribution in [1.29, 1.82) is 0 Å². The van der Waals surface area contributed by atoms with Gasteiger partial charge < -0.3 is 15.2 Å². The third-order valence-electron chi connectivity index (χ3n) is 6.63. The van der Waals surface area contributed by atoms with Gasteiger partial charge in [0.15, 0.2) is 0 Å². The van der Waals surface area contributed by atoms with Gasteiger partial charge in [0.1, 0.15) is 0 Å². The minimum absolute atomic E-state index is 0.0747. The molecule has 2 aliphatic carbocycles. The van der Waals surface area contributed by atoms with E-state index in [9.17, 15) is 14.4 Å². The molecule has 0 saturated heterocycles. The molecule has 0 spiro atoms. The molecule has 3 rings (SSSR count). The predicted octanol–water partition coefficient (Wildman–Crippen LogP) is 4.00. The van der Waals surface area contributed by atoms with E-state index < -0.39 is 22.9 Å². The molecular formula is C20H25ClN2O5. The van der Waals surface area contributed by atoms with Gasteiger partial charge in [0.25, 0.3) is 0 Å². The molecule has 2 aliphatic rings. The summed E-state index contributed by atoms with van der Waals surface area (Å²) in [6.07, 6.45) is 0.853. The highest BCUT2D eigenvalue weighted by Gasteiger charge is 2.79. The van der Waals surface area contributed by atoms with Crippen LogP contribution in [0.15, 0.2) is 18.2 Å². The van der Waals surface area contributed by atoms with E-state index in [1.165, 1.54) is 0 Å². The zero-order valence-corrected chi connectivity index (χ0v) is 17.0. The average molecular weight is 409 g/mol. The fraction of sp³-hybridized carbons (Fsp3) is 0.550. The highest BCUT2D eigenvalue weighted by molar-refractivity contribution is 6.33. The smallest absolute Gasteiger partial charge is 0.419 e. The van der Waals surface area contributed by atoms with Gasteiger partial charge in [-0.2, -0.15) is 0 Å². The summed E-state index contributed by atoms with van der Waals surface area (Å²) in [5, 5.41) is 2.75. The highest BCUT2D eigenvalue weighted by Crippen LogP contribution is 2.77. The SMILES string of the molecule is CCOC(=O)C1C2CCC(CC)(C(=O)OC(=O)Nc3cccc(Cl)c3N)C21C. The van der Waals surface area contributed by atoms with Gasteiger partial charge in [0, 0.05) is 5.41 Å². The van der Waals surface area contributed by atoms with Gasteiger partial charge >= 0.3 is 18.0 Å². The topological polar surface area (TPSA) is 108 Å². The van der Waals surface area contributed by atoms with Gasteiger partial charge in [-0.05, 0) is 44.2 Å². The highest BCUT2D eigenvalue weighted by atomic mass is 35.5. The summed E-state index contributed by atoms with van der Waals surface area (Å²) in [5.74, 6) is -1.16. The first-order valence-corrected chi connectivity index (χ1v) is 9.84. The number of hydrogen-bond donors (Lipinski definition) is 2. The maximum absolute atomic E-state index is 13.0. The minimum Gasteiger partial charge on any atom is -0.466 e. The molecule has 0 aromatic heterocycles. The van der Waals surface area contributed by atoms with Crippen molar-refractivity contribution < 1.29 is 23.9 Å². The number of amides is 1. The van der Waals surface area contributed by atoms with Crippen LogP contribution >= 0.6 is 11.6 Å². The van der Waals surface area contributed by atoms with Crippen LogP contribution in [0.2, 0.25) is 5.02 Å². The molecule has 8 heteroatoms. The van der Waals surface area contributed by atoms with Gasteiger partial charge in [-0.15, -0.1) is 0 Å². The van der Waals surface area contributed by atoms with Gasteiger partial charge in [0.2, 0.25) is 0 Å². The second-order valence-corrected chi connectivity index (χ2v) is 8.00. The third kappa shape index (κ3) is 2.92. The summed E-state index contributed by atoms with van der Waals surface area (Å²) in [6, 6.07) is 4.78. The monoisotopic (exact) mass is 408 g/mol. The van der Waals surface area contributed by atoms with E-state index in [0.717, 1.165) is 6.42 Å². The number of anilines is 2. The van der Waals surface area contributed by atoms with Crippen LogP contribution in [0.3, 0.4) is 0 Å². The molecule has 2 fully saturated rings. The number of para-hydroxylation sites is 1. The summed E-state index contributed by atoms with van der Waals surface area (Å²) in [6.45, 7) is 5.85. The molecule has 0 bridgehead atoms. The largest absolute Gasteiger partial charge is 0.466 e. The van der Waals surface area contributed by atoms with E-state index in [1.807, 2.05) is 13.8 Å². The van der Waals surface area contributed by atoms with Crippen LogP contribution in [0.4, 0.5) is 16.2 Å². The summed E-state index contributed by atoms with van der Waals surface area (Å²) in [4.78, 5) is 37.6. The van der Waals surface area contributed by atoms with Crippen LogP contribution in [0, 0.1) is 22.7 Å². The van der Waals surface area contributed by atoms with Crippen LogP contribution < -0.4 is 11.1 Å². The van der Waals surface area contributed by atoms with Crippen LogP contribution in [0.5, 0.6) is 0 Å². The fourth-order valence-corrected chi connectivity index (χ4v) is 5.20. The Morgan fingerprint density at radius 3 is 2.68 bits per heavy atom. The predicted molar refractivity (Wildman–Crippen MR) is 105 cm³/mol. The van der Waals surface area contributed by atoms with Crippen LogP contribution in [0.1, 0.15) is 40.0 Å². The molecule has 0 aliphatic heterocycles. The van der Waals surface area contributed by atoms with Crippen molar-refractivity contribution in [2.45, 2.75) is 40.0 Å². The maximum atomic E-state index is 13.0. The lowest BCUT2D eigenvalue weighted by Gasteiger charge is -2.34. The van der Waals surface area contributed by atoms with Crippen molar-refractivity contribution in [3.8, 4) is 0 Å². The lowest BCUT2D eigenvalue weighted by molar-refractivity contribution is -0.156. The quantitative estimate of drug-likeness (QED) is 0.433. The van der Waals surface area contributed by atoms with Gasteiger partial charge in [-0.1, -0.05) is 31.5 Å². The number of carbonyl (C=O) groups is 3. The van der Waals surface area contributed by atoms with E-state index in [2.05, 4.69) is 5.32 Å². The molecule has 4 unspecified atom stereocenters. The Bertz CT molecular complexity index is 829. The zero-order chi connectivity index (χ0) is 20.7. The molecule has 152 valence electrons. The molecule has 0 heterocycles. The first-order valence-electron chi connectivity index (χ1n) is 9.46. The van der Waals surface area contributed by atoms with Crippen molar-refractivity contribution in [1.82, 2.24) is 0 Å². The van der Waals surface area contributed by atoms with Crippen molar-refractivity contribution >= 4 is 41.0 Å². The molecule has 7 nitrogen and oxygen atoms in total. The summed E-state index contributed by atoms with van der Waals surface area (Å²) in [7, 11) is 0. The molecule has 4 atom stereocenters. The van der Waals surface area contributed by atoms with Crippen LogP contribution in [0.25, 0.3) is 0 Å². The Morgan fingerprint density at radius 2 is 2.04 bits per heavy atom. The summed E-state index contributed by atoms with van der Waals surface area (Å²) in [5.41, 5.74) is 4.83. The maximum Gasteiger partial charge on any atom is 0.419 e. The first-order chi connectivity index (χ1) is 13.2. The summed E-state index contributed by atoms with van der Waals surface area (Å²) >= 11 is 5.94. The average Bonchev–Trinajstić information content (AvgIpc) is 3.14. The van der Waals surface area contributed by atoms with E-state index in [4.69, 9.17) is 26.8 Å². The van der Waals surface area contributed by atoms with Gasteiger partial charge in [0.05, 0.1) is 34.3 Å². The van der Waals surface area contributed by atoms with Crippen molar-refractivity contribution in [3.05, 3.63) is 23.2 Å². The van der Waals surface area contributed by atoms with Gasteiger partial charge in [-0.25, -0.2) is 4.79 Å². The number of ether oxygens (including phenoxy) is 2. The number of nitrogens with one attached hydrogen (secondary N) is 1.